The van der Waals surface area contributed by atoms with E-state index in [2.05, 4.69) is 0 Å². The molecule has 0 saturated carbocycles. The highest BCUT2D eigenvalue weighted by atomic mass is 32.2. The quantitative estimate of drug-likeness (QED) is 0.371. The predicted molar refractivity (Wildman–Crippen MR) is 77.3 cm³/mol. The van der Waals surface area contributed by atoms with Crippen molar-refractivity contribution in [1.29, 1.82) is 0 Å². The van der Waals surface area contributed by atoms with Crippen molar-refractivity contribution in [1.82, 2.24) is 0 Å². The highest BCUT2D eigenvalue weighted by Gasteiger charge is 2.24. The summed E-state index contributed by atoms with van der Waals surface area (Å²) >= 11 is 0. The van der Waals surface area contributed by atoms with Crippen LogP contribution < -0.4 is 0 Å². The first-order valence-corrected chi connectivity index (χ1v) is 7.75. The Morgan fingerprint density at radius 2 is 1.74 bits per heavy atom. The number of hydrogen-bond donors (Lipinski definition) is 0. The maximum absolute atomic E-state index is 12.2. The molecular formula is C14H21NO3S. The van der Waals surface area contributed by atoms with E-state index in [1.165, 1.54) is 12.3 Å². The van der Waals surface area contributed by atoms with Crippen LogP contribution in [0.3, 0.4) is 0 Å². The van der Waals surface area contributed by atoms with Crippen LogP contribution in [0.15, 0.2) is 29.2 Å². The van der Waals surface area contributed by atoms with Crippen LogP contribution in [-0.4, -0.2) is 30.2 Å². The van der Waals surface area contributed by atoms with E-state index in [1.807, 2.05) is 0 Å². The average molecular weight is 283 g/mol. The summed E-state index contributed by atoms with van der Waals surface area (Å²) in [5, 5.41) is 11.4. The van der Waals surface area contributed by atoms with Crippen LogP contribution in [0, 0.1) is 5.21 Å². The fourth-order valence-electron chi connectivity index (χ4n) is 1.42. The van der Waals surface area contributed by atoms with Crippen molar-refractivity contribution in [2.24, 2.45) is 0 Å². The van der Waals surface area contributed by atoms with Gasteiger partial charge in [-0.05, 0) is 26.0 Å². The smallest absolute Gasteiger partial charge is 0.183 e. The first kappa shape index (κ1) is 15.7. The van der Waals surface area contributed by atoms with Crippen molar-refractivity contribution in [2.75, 3.05) is 0 Å². The summed E-state index contributed by atoms with van der Waals surface area (Å²) in [6, 6.07) is 6.57. The molecule has 0 amide bonds. The molecule has 106 valence electrons. The normalized spacial score (nSPS) is 13.9. The molecule has 5 heteroatoms. The SMILES string of the molecule is CC(C)S(=O)(=O)c1ccccc1/C=[N+](\[O-])C(C)(C)C. The summed E-state index contributed by atoms with van der Waals surface area (Å²) in [4.78, 5) is 0.204. The molecule has 0 atom stereocenters. The van der Waals surface area contributed by atoms with Gasteiger partial charge < -0.3 is 5.21 Å². The standard InChI is InChI=1S/C14H21NO3S/c1-11(2)19(17,18)13-9-7-6-8-12(13)10-15(16)14(3,4)5/h6-11H,1-5H3/b15-10-. The molecule has 1 rings (SSSR count). The molecule has 0 saturated heterocycles. The molecule has 0 aromatic heterocycles. The first-order chi connectivity index (χ1) is 8.56. The van der Waals surface area contributed by atoms with E-state index in [4.69, 9.17) is 0 Å². The molecule has 0 aliphatic heterocycles. The highest BCUT2D eigenvalue weighted by Crippen LogP contribution is 2.19. The molecular weight excluding hydrogens is 262 g/mol. The number of benzene rings is 1. The Balaban J connectivity index is 3.42. The zero-order valence-electron chi connectivity index (χ0n) is 12.0. The van der Waals surface area contributed by atoms with Crippen LogP contribution in [0.25, 0.3) is 0 Å². The van der Waals surface area contributed by atoms with E-state index in [-0.39, 0.29) is 4.90 Å². The Labute approximate surface area is 115 Å². The van der Waals surface area contributed by atoms with Gasteiger partial charge in [0.05, 0.1) is 15.7 Å². The van der Waals surface area contributed by atoms with Gasteiger partial charge >= 0.3 is 0 Å². The van der Waals surface area contributed by atoms with Crippen LogP contribution in [-0.2, 0) is 9.84 Å². The number of nitrogens with zero attached hydrogens (tertiary/aromatic N) is 1. The average Bonchev–Trinajstić information content (AvgIpc) is 2.28. The maximum Gasteiger partial charge on any atom is 0.183 e. The number of hydroxylamine groups is 1. The summed E-state index contributed by atoms with van der Waals surface area (Å²) in [6.45, 7) is 8.58. The molecule has 0 fully saturated rings. The minimum absolute atomic E-state index is 0.204. The minimum Gasteiger partial charge on any atom is -0.623 e. The van der Waals surface area contributed by atoms with Crippen LogP contribution in [0.1, 0.15) is 40.2 Å². The Morgan fingerprint density at radius 1 is 1.21 bits per heavy atom. The molecule has 19 heavy (non-hydrogen) atoms. The van der Waals surface area contributed by atoms with E-state index in [0.717, 1.165) is 4.74 Å². The molecule has 1 aromatic rings. The number of sulfone groups is 1. The number of rotatable bonds is 3. The fraction of sp³-hybridized carbons (Fsp3) is 0.500. The lowest BCUT2D eigenvalue weighted by Crippen LogP contribution is -2.29. The van der Waals surface area contributed by atoms with Gasteiger partial charge in [0, 0.05) is 20.8 Å². The van der Waals surface area contributed by atoms with Gasteiger partial charge in [-0.3, -0.25) is 0 Å². The van der Waals surface area contributed by atoms with Gasteiger partial charge in [0.25, 0.3) is 0 Å². The van der Waals surface area contributed by atoms with E-state index in [0.29, 0.717) is 5.56 Å². The topological polar surface area (TPSA) is 60.2 Å². The van der Waals surface area contributed by atoms with E-state index < -0.39 is 20.6 Å². The Hall–Kier alpha value is -1.36. The van der Waals surface area contributed by atoms with E-state index >= 15 is 0 Å². The van der Waals surface area contributed by atoms with Gasteiger partial charge in [0.2, 0.25) is 0 Å². The van der Waals surface area contributed by atoms with Gasteiger partial charge in [-0.15, -0.1) is 0 Å². The van der Waals surface area contributed by atoms with E-state index in [9.17, 15) is 13.6 Å². The molecule has 0 bridgehead atoms. The molecule has 0 N–H and O–H groups in total. The van der Waals surface area contributed by atoms with Crippen molar-refractivity contribution < 1.29 is 13.2 Å². The molecule has 1 aromatic carbocycles. The Morgan fingerprint density at radius 3 is 2.21 bits per heavy atom. The van der Waals surface area contributed by atoms with E-state index in [1.54, 1.807) is 52.8 Å². The van der Waals surface area contributed by atoms with Crippen molar-refractivity contribution in [3.8, 4) is 0 Å². The summed E-state index contributed by atoms with van der Waals surface area (Å²) in [5.74, 6) is 0. The zero-order chi connectivity index (χ0) is 14.8. The summed E-state index contributed by atoms with van der Waals surface area (Å²) in [7, 11) is -3.40. The molecule has 0 radical (unpaired) electrons. The van der Waals surface area contributed by atoms with Gasteiger partial charge in [-0.2, -0.15) is 0 Å². The summed E-state index contributed by atoms with van der Waals surface area (Å²) in [6.07, 6.45) is 1.34. The lowest BCUT2D eigenvalue weighted by molar-refractivity contribution is -0.530. The third-order valence-corrected chi connectivity index (χ3v) is 4.99. The first-order valence-electron chi connectivity index (χ1n) is 6.21. The zero-order valence-corrected chi connectivity index (χ0v) is 12.9. The lowest BCUT2D eigenvalue weighted by Gasteiger charge is -2.19. The Kier molecular flexibility index (Phi) is 4.40. The van der Waals surface area contributed by atoms with Crippen LogP contribution in [0.2, 0.25) is 0 Å². The van der Waals surface area contributed by atoms with Gasteiger partial charge in [-0.25, -0.2) is 13.2 Å². The molecule has 0 spiro atoms. The summed E-state index contributed by atoms with van der Waals surface area (Å²) < 4.78 is 25.3. The van der Waals surface area contributed by atoms with Crippen molar-refractivity contribution in [3.05, 3.63) is 35.0 Å². The Bertz CT molecular complexity index is 581. The monoisotopic (exact) mass is 283 g/mol. The minimum atomic E-state index is -3.40. The van der Waals surface area contributed by atoms with Crippen molar-refractivity contribution in [2.45, 2.75) is 50.3 Å². The number of hydrogen-bond acceptors (Lipinski definition) is 3. The predicted octanol–water partition coefficient (Wildman–Crippen LogP) is 2.60. The maximum atomic E-state index is 12.2. The molecule has 4 nitrogen and oxygen atoms in total. The third kappa shape index (κ3) is 3.56. The molecule has 0 heterocycles. The highest BCUT2D eigenvalue weighted by molar-refractivity contribution is 7.92. The lowest BCUT2D eigenvalue weighted by atomic mass is 10.1. The van der Waals surface area contributed by atoms with Crippen LogP contribution in [0.5, 0.6) is 0 Å². The molecule has 0 aliphatic rings. The largest absolute Gasteiger partial charge is 0.623 e. The van der Waals surface area contributed by atoms with Gasteiger partial charge in [0.1, 0.15) is 0 Å². The second kappa shape index (κ2) is 5.33. The second-order valence-corrected chi connectivity index (χ2v) is 8.23. The molecule has 0 unspecified atom stereocenters. The van der Waals surface area contributed by atoms with Crippen molar-refractivity contribution in [3.63, 3.8) is 0 Å². The van der Waals surface area contributed by atoms with Crippen LogP contribution >= 0.6 is 0 Å². The third-order valence-electron chi connectivity index (χ3n) is 2.76. The van der Waals surface area contributed by atoms with Crippen LogP contribution in [0.4, 0.5) is 0 Å². The summed E-state index contributed by atoms with van der Waals surface area (Å²) in [5.41, 5.74) is -0.171. The second-order valence-electron chi connectivity index (χ2n) is 5.76. The van der Waals surface area contributed by atoms with Gasteiger partial charge in [-0.1, -0.05) is 12.1 Å². The molecule has 0 aliphatic carbocycles. The van der Waals surface area contributed by atoms with Crippen molar-refractivity contribution >= 4 is 16.1 Å². The van der Waals surface area contributed by atoms with Gasteiger partial charge in [0.15, 0.2) is 21.6 Å². The fourth-order valence-corrected chi connectivity index (χ4v) is 2.65.